The molecule has 1 aromatic carbocycles. The van der Waals surface area contributed by atoms with Crippen molar-refractivity contribution in [2.75, 3.05) is 0 Å². The molecule has 1 atom stereocenters. The van der Waals surface area contributed by atoms with Gasteiger partial charge < -0.3 is 10.4 Å². The Hall–Kier alpha value is -1.57. The molecule has 0 saturated carbocycles. The van der Waals surface area contributed by atoms with E-state index < -0.39 is 29.7 Å². The highest BCUT2D eigenvalue weighted by molar-refractivity contribution is 9.10. The van der Waals surface area contributed by atoms with E-state index in [2.05, 4.69) is 21.2 Å². The van der Waals surface area contributed by atoms with Gasteiger partial charge in [-0.2, -0.15) is 13.2 Å². The molecule has 1 rings (SSSR count). The molecule has 20 heavy (non-hydrogen) atoms. The van der Waals surface area contributed by atoms with Gasteiger partial charge in [0.25, 0.3) is 5.91 Å². The fourth-order valence-corrected chi connectivity index (χ4v) is 1.94. The van der Waals surface area contributed by atoms with Gasteiger partial charge in [-0.3, -0.25) is 4.79 Å². The predicted octanol–water partition coefficient (Wildman–Crippen LogP) is 3.06. The highest BCUT2D eigenvalue weighted by Gasteiger charge is 2.33. The van der Waals surface area contributed by atoms with Crippen LogP contribution in [-0.2, 0) is 11.0 Å². The van der Waals surface area contributed by atoms with E-state index in [9.17, 15) is 22.8 Å². The Kier molecular flexibility index (Phi) is 5.15. The van der Waals surface area contributed by atoms with Gasteiger partial charge in [0.15, 0.2) is 0 Å². The fourth-order valence-electron chi connectivity index (χ4n) is 1.46. The monoisotopic (exact) mass is 353 g/mol. The number of hydrogen-bond donors (Lipinski definition) is 2. The first kappa shape index (κ1) is 16.5. The maximum absolute atomic E-state index is 12.7. The number of carbonyl (C=O) groups excluding carboxylic acids is 1. The molecule has 1 amide bonds. The number of nitrogens with one attached hydrogen (secondary N) is 1. The molecule has 0 aliphatic heterocycles. The number of carbonyl (C=O) groups is 2. The Morgan fingerprint density at radius 3 is 2.45 bits per heavy atom. The zero-order valence-electron chi connectivity index (χ0n) is 10.3. The predicted molar refractivity (Wildman–Crippen MR) is 68.3 cm³/mol. The fraction of sp³-hybridized carbons (Fsp3) is 0.333. The van der Waals surface area contributed by atoms with Crippen molar-refractivity contribution in [1.82, 2.24) is 5.32 Å². The van der Waals surface area contributed by atoms with E-state index in [0.29, 0.717) is 6.07 Å². The van der Waals surface area contributed by atoms with Crippen molar-refractivity contribution in [3.05, 3.63) is 33.8 Å². The number of alkyl halides is 3. The van der Waals surface area contributed by atoms with Crippen LogP contribution in [-0.4, -0.2) is 23.0 Å². The second-order valence-corrected chi connectivity index (χ2v) is 4.82. The Balaban J connectivity index is 3.03. The highest BCUT2D eigenvalue weighted by atomic mass is 79.9. The van der Waals surface area contributed by atoms with Gasteiger partial charge in [-0.25, -0.2) is 4.79 Å². The average Bonchev–Trinajstić information content (AvgIpc) is 2.34. The van der Waals surface area contributed by atoms with Crippen molar-refractivity contribution < 1.29 is 27.9 Å². The number of rotatable bonds is 4. The molecule has 1 aromatic rings. The third-order valence-corrected chi connectivity index (χ3v) is 3.24. The molecule has 4 nitrogen and oxygen atoms in total. The lowest BCUT2D eigenvalue weighted by atomic mass is 10.1. The van der Waals surface area contributed by atoms with Crippen LogP contribution in [0.2, 0.25) is 0 Å². The molecule has 0 saturated heterocycles. The summed E-state index contributed by atoms with van der Waals surface area (Å²) in [6, 6.07) is 1.82. The molecule has 0 aliphatic carbocycles. The summed E-state index contributed by atoms with van der Waals surface area (Å²) >= 11 is 2.76. The van der Waals surface area contributed by atoms with Crippen molar-refractivity contribution in [3.63, 3.8) is 0 Å². The zero-order valence-corrected chi connectivity index (χ0v) is 11.9. The van der Waals surface area contributed by atoms with E-state index in [1.54, 1.807) is 6.92 Å². The van der Waals surface area contributed by atoms with Crippen molar-refractivity contribution >= 4 is 27.8 Å². The second-order valence-electron chi connectivity index (χ2n) is 3.96. The number of benzene rings is 1. The first-order valence-electron chi connectivity index (χ1n) is 5.57. The second kappa shape index (κ2) is 6.25. The molecular formula is C12H11BrF3NO3. The summed E-state index contributed by atoms with van der Waals surface area (Å²) in [5, 5.41) is 11.0. The van der Waals surface area contributed by atoms with Crippen molar-refractivity contribution in [1.29, 1.82) is 0 Å². The van der Waals surface area contributed by atoms with Gasteiger partial charge in [-0.05, 0) is 24.6 Å². The number of amides is 1. The van der Waals surface area contributed by atoms with E-state index in [0.717, 1.165) is 6.07 Å². The van der Waals surface area contributed by atoms with Crippen molar-refractivity contribution in [3.8, 4) is 0 Å². The van der Waals surface area contributed by atoms with Crippen LogP contribution in [0.3, 0.4) is 0 Å². The Labute approximate surface area is 121 Å². The first-order chi connectivity index (χ1) is 9.16. The van der Waals surface area contributed by atoms with Gasteiger partial charge in [0, 0.05) is 10.0 Å². The topological polar surface area (TPSA) is 66.4 Å². The van der Waals surface area contributed by atoms with E-state index in [-0.39, 0.29) is 16.5 Å². The Bertz CT molecular complexity index is 531. The summed E-state index contributed by atoms with van der Waals surface area (Å²) in [6.45, 7) is 1.54. The van der Waals surface area contributed by atoms with Gasteiger partial charge in [0.2, 0.25) is 0 Å². The minimum absolute atomic E-state index is 0.129. The Morgan fingerprint density at radius 2 is 2.00 bits per heavy atom. The summed E-state index contributed by atoms with van der Waals surface area (Å²) in [6.07, 6.45) is -4.48. The maximum atomic E-state index is 12.7. The van der Waals surface area contributed by atoms with Crippen LogP contribution in [0.15, 0.2) is 22.7 Å². The van der Waals surface area contributed by atoms with Crippen LogP contribution in [0, 0.1) is 0 Å². The minimum atomic E-state index is -4.61. The van der Waals surface area contributed by atoms with E-state index >= 15 is 0 Å². The molecular weight excluding hydrogens is 343 g/mol. The lowest BCUT2D eigenvalue weighted by molar-refractivity contribution is -0.139. The third kappa shape index (κ3) is 3.96. The lowest BCUT2D eigenvalue weighted by Gasteiger charge is -2.14. The van der Waals surface area contributed by atoms with Crippen LogP contribution in [0.5, 0.6) is 0 Å². The molecule has 8 heteroatoms. The van der Waals surface area contributed by atoms with Crippen LogP contribution in [0.1, 0.15) is 29.3 Å². The van der Waals surface area contributed by atoms with Crippen LogP contribution < -0.4 is 5.32 Å². The smallest absolute Gasteiger partial charge is 0.417 e. The number of carboxylic acids is 1. The third-order valence-electron chi connectivity index (χ3n) is 2.55. The summed E-state index contributed by atoms with van der Waals surface area (Å²) < 4.78 is 37.9. The van der Waals surface area contributed by atoms with Gasteiger partial charge in [0.05, 0.1) is 5.56 Å². The molecule has 0 radical (unpaired) electrons. The molecule has 0 bridgehead atoms. The van der Waals surface area contributed by atoms with Crippen molar-refractivity contribution in [2.45, 2.75) is 25.6 Å². The highest BCUT2D eigenvalue weighted by Crippen LogP contribution is 2.35. The van der Waals surface area contributed by atoms with Gasteiger partial charge in [0.1, 0.15) is 6.04 Å². The molecule has 0 fully saturated rings. The molecule has 0 heterocycles. The van der Waals surface area contributed by atoms with E-state index in [1.807, 2.05) is 0 Å². The minimum Gasteiger partial charge on any atom is -0.480 e. The molecule has 0 aromatic heterocycles. The lowest BCUT2D eigenvalue weighted by Crippen LogP contribution is -2.40. The number of halogens is 4. The summed E-state index contributed by atoms with van der Waals surface area (Å²) in [4.78, 5) is 22.5. The Morgan fingerprint density at radius 1 is 1.40 bits per heavy atom. The van der Waals surface area contributed by atoms with Crippen molar-refractivity contribution in [2.24, 2.45) is 0 Å². The summed E-state index contributed by atoms with van der Waals surface area (Å²) in [5.74, 6) is -2.11. The first-order valence-corrected chi connectivity index (χ1v) is 6.36. The molecule has 0 unspecified atom stereocenters. The molecule has 110 valence electrons. The maximum Gasteiger partial charge on any atom is 0.417 e. The van der Waals surface area contributed by atoms with Gasteiger partial charge in [-0.1, -0.05) is 22.9 Å². The van der Waals surface area contributed by atoms with Gasteiger partial charge in [-0.15, -0.1) is 0 Å². The number of aliphatic carboxylic acids is 1. The molecule has 0 spiro atoms. The quantitative estimate of drug-likeness (QED) is 0.874. The largest absolute Gasteiger partial charge is 0.480 e. The van der Waals surface area contributed by atoms with Crippen LogP contribution in [0.4, 0.5) is 13.2 Å². The zero-order chi connectivity index (χ0) is 15.5. The normalized spacial score (nSPS) is 12.8. The average molecular weight is 354 g/mol. The number of carboxylic acid groups (broad SMARTS) is 1. The summed E-state index contributed by atoms with van der Waals surface area (Å²) in [5.41, 5.74) is -1.24. The standard InChI is InChI=1S/C12H11BrF3NO3/c1-2-9(11(19)20)17-10(18)6-3-4-8(13)7(5-6)12(14,15)16/h3-5,9H,2H2,1H3,(H,17,18)(H,19,20)/t9-/m1/s1. The van der Waals surface area contributed by atoms with E-state index in [1.165, 1.54) is 6.07 Å². The van der Waals surface area contributed by atoms with Gasteiger partial charge >= 0.3 is 12.1 Å². The SMILES string of the molecule is CC[C@@H](NC(=O)c1ccc(Br)c(C(F)(F)F)c1)C(=O)O. The molecule has 2 N–H and O–H groups in total. The van der Waals surface area contributed by atoms with Crippen LogP contribution >= 0.6 is 15.9 Å². The number of hydrogen-bond acceptors (Lipinski definition) is 2. The van der Waals surface area contributed by atoms with Crippen LogP contribution in [0.25, 0.3) is 0 Å². The van der Waals surface area contributed by atoms with E-state index in [4.69, 9.17) is 5.11 Å². The summed E-state index contributed by atoms with van der Waals surface area (Å²) in [7, 11) is 0. The molecule has 0 aliphatic rings.